The third kappa shape index (κ3) is 6.73. The van der Waals surface area contributed by atoms with E-state index in [1.54, 1.807) is 36.5 Å². The summed E-state index contributed by atoms with van der Waals surface area (Å²) in [7, 11) is 0. The van der Waals surface area contributed by atoms with Gasteiger partial charge < -0.3 is 15.3 Å². The Morgan fingerprint density at radius 2 is 1.51 bits per heavy atom. The third-order valence-electron chi connectivity index (χ3n) is 7.36. The highest BCUT2D eigenvalue weighted by molar-refractivity contribution is 6.00. The second kappa shape index (κ2) is 11.6. The summed E-state index contributed by atoms with van der Waals surface area (Å²) in [5.41, 5.74) is -2.90. The van der Waals surface area contributed by atoms with Crippen molar-refractivity contribution in [2.45, 2.75) is 37.8 Å². The van der Waals surface area contributed by atoms with E-state index >= 15 is 0 Å². The Bertz CT molecular complexity index is 1600. The zero-order chi connectivity index (χ0) is 30.9. The molecule has 1 aromatic heterocycles. The van der Waals surface area contributed by atoms with Crippen molar-refractivity contribution in [1.82, 2.24) is 15.3 Å². The van der Waals surface area contributed by atoms with Crippen LogP contribution in [0.5, 0.6) is 0 Å². The molecular formula is C29H25F6N5O3. The number of nitrogens with one attached hydrogen (secondary N) is 1. The number of fused-ring (bicyclic) bond motifs is 1. The first-order chi connectivity index (χ1) is 20.3. The Morgan fingerprint density at radius 3 is 2.07 bits per heavy atom. The van der Waals surface area contributed by atoms with Crippen molar-refractivity contribution in [2.24, 2.45) is 5.92 Å². The smallest absolute Gasteiger partial charge is 0.416 e. The molecular weight excluding hydrogens is 580 g/mol. The van der Waals surface area contributed by atoms with Crippen molar-refractivity contribution in [3.05, 3.63) is 82.0 Å². The molecule has 226 valence electrons. The van der Waals surface area contributed by atoms with Crippen LogP contribution in [-0.2, 0) is 28.5 Å². The van der Waals surface area contributed by atoms with E-state index in [1.807, 2.05) is 4.90 Å². The highest BCUT2D eigenvalue weighted by atomic mass is 19.4. The molecule has 5 rings (SSSR count). The molecule has 0 bridgehead atoms. The first-order valence-electron chi connectivity index (χ1n) is 13.2. The van der Waals surface area contributed by atoms with Crippen molar-refractivity contribution in [1.29, 1.82) is 0 Å². The van der Waals surface area contributed by atoms with Gasteiger partial charge in [-0.2, -0.15) is 26.3 Å². The fourth-order valence-corrected chi connectivity index (χ4v) is 5.05. The highest BCUT2D eigenvalue weighted by Crippen LogP contribution is 2.37. The van der Waals surface area contributed by atoms with E-state index < -0.39 is 59.4 Å². The number of halogens is 6. The topological polar surface area (TPSA) is 98.7 Å². The lowest BCUT2D eigenvalue weighted by atomic mass is 9.97. The lowest BCUT2D eigenvalue weighted by Crippen LogP contribution is -2.49. The molecule has 2 N–H and O–H groups in total. The van der Waals surface area contributed by atoms with E-state index in [9.17, 15) is 41.0 Å². The maximum Gasteiger partial charge on any atom is 0.416 e. The number of aromatic nitrogens is 2. The maximum absolute atomic E-state index is 13.8. The molecule has 0 spiro atoms. The van der Waals surface area contributed by atoms with E-state index in [0.717, 1.165) is 10.1 Å². The molecule has 1 unspecified atom stereocenters. The Balaban J connectivity index is 1.49. The molecule has 0 saturated carbocycles. The van der Waals surface area contributed by atoms with Crippen LogP contribution >= 0.6 is 0 Å². The number of aliphatic carboxylic acids is 1. The van der Waals surface area contributed by atoms with Crippen molar-refractivity contribution < 1.29 is 41.0 Å². The highest BCUT2D eigenvalue weighted by Gasteiger charge is 2.37. The summed E-state index contributed by atoms with van der Waals surface area (Å²) >= 11 is 0. The van der Waals surface area contributed by atoms with E-state index in [-0.39, 0.29) is 12.0 Å². The molecule has 2 aromatic carbocycles. The molecule has 0 radical (unpaired) electrons. The average Bonchev–Trinajstić information content (AvgIpc) is 2.98. The molecule has 2 aliphatic rings. The fourth-order valence-electron chi connectivity index (χ4n) is 5.05. The molecule has 1 saturated heterocycles. The lowest BCUT2D eigenvalue weighted by Gasteiger charge is -2.32. The monoisotopic (exact) mass is 605 g/mol. The number of benzene rings is 2. The second-order valence-electron chi connectivity index (χ2n) is 10.3. The first kappa shape index (κ1) is 29.9. The standard InChI is InChI=1S/C29H25F6N5O3/c30-28(31,32)21-9-17(10-22(12-21)29(33,34)35)16-40(25(41)24-11-19-3-1-2-4-20(19)13-36-24)27-37-14-23(15-38-27)39-7-5-18(6-8-39)26(42)43/h1-4,9-15,18,24,36H,5-8,16H2,(H,42,43). The zero-order valence-corrected chi connectivity index (χ0v) is 22.4. The normalized spacial score (nSPS) is 17.3. The van der Waals surface area contributed by atoms with Gasteiger partial charge in [-0.3, -0.25) is 14.5 Å². The SMILES string of the molecule is O=C(O)C1CCN(c2cnc(N(Cc3cc(C(F)(F)F)cc(C(F)(F)F)c3)C(=O)C3C=c4ccccc4=CN3)nc2)CC1. The molecule has 0 aliphatic carbocycles. The molecule has 3 aromatic rings. The number of amides is 1. The number of piperidine rings is 1. The predicted octanol–water partition coefficient (Wildman–Crippen LogP) is 3.54. The molecule has 14 heteroatoms. The molecule has 1 amide bonds. The van der Waals surface area contributed by atoms with Gasteiger partial charge in [-0.1, -0.05) is 24.3 Å². The Kier molecular flexibility index (Phi) is 8.04. The van der Waals surface area contributed by atoms with Crippen LogP contribution in [0.25, 0.3) is 12.3 Å². The van der Waals surface area contributed by atoms with Crippen LogP contribution in [0.4, 0.5) is 38.0 Å². The predicted molar refractivity (Wildman–Crippen MR) is 144 cm³/mol. The molecule has 3 heterocycles. The van der Waals surface area contributed by atoms with Crippen LogP contribution in [0.3, 0.4) is 0 Å². The Hall–Kier alpha value is -4.62. The van der Waals surface area contributed by atoms with Crippen molar-refractivity contribution in [3.8, 4) is 0 Å². The van der Waals surface area contributed by atoms with Gasteiger partial charge in [0, 0.05) is 19.3 Å². The number of anilines is 2. The van der Waals surface area contributed by atoms with Gasteiger partial charge in [-0.15, -0.1) is 0 Å². The molecule has 1 atom stereocenters. The second-order valence-corrected chi connectivity index (χ2v) is 10.3. The number of rotatable bonds is 6. The van der Waals surface area contributed by atoms with Gasteiger partial charge in [-0.05, 0) is 53.1 Å². The Labute approximate surface area is 241 Å². The number of nitrogens with zero attached hydrogens (tertiary/aromatic N) is 4. The van der Waals surface area contributed by atoms with Crippen molar-refractivity contribution >= 4 is 35.8 Å². The van der Waals surface area contributed by atoms with Crippen LogP contribution in [-0.4, -0.2) is 46.1 Å². The number of carbonyl (C=O) groups excluding carboxylic acids is 1. The van der Waals surface area contributed by atoms with Crippen LogP contribution in [0.1, 0.15) is 29.5 Å². The quantitative estimate of drug-likeness (QED) is 0.415. The number of carboxylic acids is 1. The summed E-state index contributed by atoms with van der Waals surface area (Å²) in [5.74, 6) is -2.28. The number of carbonyl (C=O) groups is 2. The minimum Gasteiger partial charge on any atom is -0.481 e. The third-order valence-corrected chi connectivity index (χ3v) is 7.36. The molecule has 2 aliphatic heterocycles. The summed E-state index contributed by atoms with van der Waals surface area (Å²) in [6, 6.07) is 7.27. The van der Waals surface area contributed by atoms with E-state index in [1.165, 1.54) is 12.4 Å². The first-order valence-corrected chi connectivity index (χ1v) is 13.2. The van der Waals surface area contributed by atoms with Crippen molar-refractivity contribution in [2.75, 3.05) is 22.9 Å². The molecule has 43 heavy (non-hydrogen) atoms. The Morgan fingerprint density at radius 1 is 0.930 bits per heavy atom. The lowest BCUT2D eigenvalue weighted by molar-refractivity contribution is -0.144. The van der Waals surface area contributed by atoms with Crippen LogP contribution in [0.2, 0.25) is 0 Å². The number of hydrogen-bond acceptors (Lipinski definition) is 6. The van der Waals surface area contributed by atoms with E-state index in [0.29, 0.717) is 49.0 Å². The number of carboxylic acid groups (broad SMARTS) is 1. The van der Waals surface area contributed by atoms with Crippen LogP contribution < -0.4 is 25.6 Å². The number of alkyl halides is 6. The van der Waals surface area contributed by atoms with Gasteiger partial charge in [0.2, 0.25) is 5.95 Å². The van der Waals surface area contributed by atoms with Gasteiger partial charge in [0.1, 0.15) is 6.04 Å². The van der Waals surface area contributed by atoms with Crippen molar-refractivity contribution in [3.63, 3.8) is 0 Å². The largest absolute Gasteiger partial charge is 0.481 e. The average molecular weight is 606 g/mol. The van der Waals surface area contributed by atoms with Gasteiger partial charge in [0.25, 0.3) is 5.91 Å². The fraction of sp³-hybridized carbons (Fsp3) is 0.310. The zero-order valence-electron chi connectivity index (χ0n) is 22.4. The minimum atomic E-state index is -5.06. The number of hydrogen-bond donors (Lipinski definition) is 2. The summed E-state index contributed by atoms with van der Waals surface area (Å²) < 4.78 is 81.3. The van der Waals surface area contributed by atoms with Gasteiger partial charge in [0.05, 0.1) is 41.7 Å². The summed E-state index contributed by atoms with van der Waals surface area (Å²) in [6.07, 6.45) is -3.36. The van der Waals surface area contributed by atoms with Gasteiger partial charge in [0.15, 0.2) is 0 Å². The van der Waals surface area contributed by atoms with E-state index in [4.69, 9.17) is 0 Å². The van der Waals surface area contributed by atoms with Gasteiger partial charge in [-0.25, -0.2) is 9.97 Å². The molecule has 1 fully saturated rings. The summed E-state index contributed by atoms with van der Waals surface area (Å²) in [4.78, 5) is 36.3. The van der Waals surface area contributed by atoms with Gasteiger partial charge >= 0.3 is 18.3 Å². The minimum absolute atomic E-state index is 0.0247. The van der Waals surface area contributed by atoms with Crippen LogP contribution in [0, 0.1) is 5.92 Å². The summed E-state index contributed by atoms with van der Waals surface area (Å²) in [5, 5.41) is 13.6. The van der Waals surface area contributed by atoms with E-state index in [2.05, 4.69) is 15.3 Å². The maximum atomic E-state index is 13.8. The summed E-state index contributed by atoms with van der Waals surface area (Å²) in [6.45, 7) is 0.161. The molecule has 8 nitrogen and oxygen atoms in total. The van der Waals surface area contributed by atoms with Crippen LogP contribution in [0.15, 0.2) is 54.9 Å².